The molecule has 1 amide bonds. The molecular weight excluding hydrogens is 458 g/mol. The monoisotopic (exact) mass is 489 g/mol. The number of pyridine rings is 1. The summed E-state index contributed by atoms with van der Waals surface area (Å²) in [5, 5.41) is 4.26. The zero-order valence-corrected chi connectivity index (χ0v) is 21.0. The van der Waals surface area contributed by atoms with Crippen LogP contribution in [0.15, 0.2) is 109 Å². The van der Waals surface area contributed by atoms with Crippen molar-refractivity contribution in [2.45, 2.75) is 25.4 Å². The topological polar surface area (TPSA) is 56.2 Å². The summed E-state index contributed by atoms with van der Waals surface area (Å²) in [6.07, 6.45) is 4.97. The number of rotatable bonds is 10. The number of aromatic nitrogens is 2. The Kier molecular flexibility index (Phi) is 7.60. The third-order valence-electron chi connectivity index (χ3n) is 6.63. The Balaban J connectivity index is 1.38. The zero-order chi connectivity index (χ0) is 25.5. The lowest BCUT2D eigenvalue weighted by Crippen LogP contribution is -2.27. The molecule has 1 atom stereocenters. The maximum absolute atomic E-state index is 13.2. The smallest absolute Gasteiger partial charge is 0.220 e. The molecule has 0 aliphatic heterocycles. The summed E-state index contributed by atoms with van der Waals surface area (Å²) in [5.41, 5.74) is 5.43. The Labute approximate surface area is 217 Å². The van der Waals surface area contributed by atoms with E-state index in [-0.39, 0.29) is 11.8 Å². The number of nitrogens with zero attached hydrogens (tertiary/aromatic N) is 2. The maximum Gasteiger partial charge on any atom is 0.220 e. The molecule has 5 aromatic rings. The normalized spacial score (nSPS) is 11.8. The van der Waals surface area contributed by atoms with Crippen LogP contribution in [0.3, 0.4) is 0 Å². The van der Waals surface area contributed by atoms with Gasteiger partial charge in [-0.3, -0.25) is 9.78 Å². The molecule has 0 unspecified atom stereocenters. The highest BCUT2D eigenvalue weighted by atomic mass is 16.5. The van der Waals surface area contributed by atoms with Crippen LogP contribution in [0.25, 0.3) is 10.9 Å². The summed E-state index contributed by atoms with van der Waals surface area (Å²) < 4.78 is 8.25. The van der Waals surface area contributed by atoms with Crippen molar-refractivity contribution in [1.82, 2.24) is 14.9 Å². The Bertz CT molecular complexity index is 1460. The van der Waals surface area contributed by atoms with Crippen LogP contribution in [0, 0.1) is 0 Å². The van der Waals surface area contributed by atoms with Gasteiger partial charge in [0, 0.05) is 61.3 Å². The summed E-state index contributed by atoms with van der Waals surface area (Å²) >= 11 is 0. The molecule has 5 nitrogen and oxygen atoms in total. The summed E-state index contributed by atoms with van der Waals surface area (Å²) in [6.45, 7) is 1.05. The molecular formula is C32H31N3O2. The number of nitrogens with one attached hydrogen (secondary N) is 1. The molecule has 2 heterocycles. The summed E-state index contributed by atoms with van der Waals surface area (Å²) in [5.74, 6) is 0.702. The van der Waals surface area contributed by atoms with Crippen LogP contribution in [-0.2, 0) is 24.9 Å². The van der Waals surface area contributed by atoms with Crippen molar-refractivity contribution < 1.29 is 9.53 Å². The molecule has 1 N–H and O–H groups in total. The van der Waals surface area contributed by atoms with Gasteiger partial charge < -0.3 is 14.6 Å². The van der Waals surface area contributed by atoms with Crippen LogP contribution in [0.1, 0.15) is 34.7 Å². The predicted octanol–water partition coefficient (Wildman–Crippen LogP) is 6.03. The average Bonchev–Trinajstić information content (AvgIpc) is 3.28. The second kappa shape index (κ2) is 11.6. The van der Waals surface area contributed by atoms with Crippen molar-refractivity contribution in [3.8, 4) is 5.75 Å². The highest BCUT2D eigenvalue weighted by Gasteiger charge is 2.23. The minimum Gasteiger partial charge on any atom is -0.489 e. The van der Waals surface area contributed by atoms with Crippen molar-refractivity contribution in [3.05, 3.63) is 132 Å². The molecule has 0 bridgehead atoms. The highest BCUT2D eigenvalue weighted by Crippen LogP contribution is 2.35. The number of benzene rings is 3. The van der Waals surface area contributed by atoms with Crippen LogP contribution < -0.4 is 10.1 Å². The van der Waals surface area contributed by atoms with Gasteiger partial charge in [-0.15, -0.1) is 0 Å². The third kappa shape index (κ3) is 6.07. The third-order valence-corrected chi connectivity index (χ3v) is 6.63. The molecule has 0 radical (unpaired) electrons. The molecule has 3 aromatic carbocycles. The average molecular weight is 490 g/mol. The van der Waals surface area contributed by atoms with Crippen molar-refractivity contribution in [1.29, 1.82) is 0 Å². The molecule has 37 heavy (non-hydrogen) atoms. The van der Waals surface area contributed by atoms with Gasteiger partial charge in [-0.2, -0.15) is 0 Å². The Morgan fingerprint density at radius 3 is 2.59 bits per heavy atom. The number of carbonyl (C=O) groups excluding carboxylic acids is 1. The van der Waals surface area contributed by atoms with E-state index in [0.29, 0.717) is 26.0 Å². The van der Waals surface area contributed by atoms with Crippen molar-refractivity contribution >= 4 is 16.8 Å². The number of amides is 1. The first-order valence-corrected chi connectivity index (χ1v) is 12.6. The molecule has 5 rings (SSSR count). The lowest BCUT2D eigenvalue weighted by Gasteiger charge is -2.18. The molecule has 186 valence electrons. The minimum atomic E-state index is -0.110. The first-order chi connectivity index (χ1) is 18.2. The maximum atomic E-state index is 13.2. The second-order valence-corrected chi connectivity index (χ2v) is 9.24. The van der Waals surface area contributed by atoms with E-state index in [1.165, 1.54) is 0 Å². The van der Waals surface area contributed by atoms with Crippen LogP contribution in [0.4, 0.5) is 0 Å². The minimum absolute atomic E-state index is 0.0180. The zero-order valence-electron chi connectivity index (χ0n) is 21.0. The molecule has 0 fully saturated rings. The Morgan fingerprint density at radius 1 is 0.946 bits per heavy atom. The Hall–Kier alpha value is -4.38. The van der Waals surface area contributed by atoms with E-state index >= 15 is 0 Å². The van der Waals surface area contributed by atoms with Gasteiger partial charge in [0.1, 0.15) is 12.4 Å². The van der Waals surface area contributed by atoms with Gasteiger partial charge in [0.15, 0.2) is 0 Å². The summed E-state index contributed by atoms with van der Waals surface area (Å²) in [4.78, 5) is 17.5. The highest BCUT2D eigenvalue weighted by molar-refractivity contribution is 5.86. The molecule has 5 heteroatoms. The van der Waals surface area contributed by atoms with E-state index in [4.69, 9.17) is 4.74 Å². The van der Waals surface area contributed by atoms with E-state index in [0.717, 1.165) is 39.0 Å². The van der Waals surface area contributed by atoms with Crippen molar-refractivity contribution in [2.24, 2.45) is 7.05 Å². The van der Waals surface area contributed by atoms with Gasteiger partial charge in [-0.25, -0.2) is 0 Å². The number of hydrogen-bond acceptors (Lipinski definition) is 3. The number of para-hydroxylation sites is 1. The van der Waals surface area contributed by atoms with Gasteiger partial charge in [-0.1, -0.05) is 66.7 Å². The van der Waals surface area contributed by atoms with Gasteiger partial charge >= 0.3 is 0 Å². The number of aryl methyl sites for hydroxylation is 1. The largest absolute Gasteiger partial charge is 0.489 e. The fourth-order valence-electron chi connectivity index (χ4n) is 4.75. The number of carbonyl (C=O) groups is 1. The van der Waals surface area contributed by atoms with E-state index in [9.17, 15) is 4.79 Å². The van der Waals surface area contributed by atoms with Crippen molar-refractivity contribution in [2.75, 3.05) is 6.54 Å². The van der Waals surface area contributed by atoms with Crippen LogP contribution in [0.5, 0.6) is 5.75 Å². The predicted molar refractivity (Wildman–Crippen MR) is 148 cm³/mol. The second-order valence-electron chi connectivity index (χ2n) is 9.24. The summed E-state index contributed by atoms with van der Waals surface area (Å²) in [6, 6.07) is 32.4. The fraction of sp³-hybridized carbons (Fsp3) is 0.188. The van der Waals surface area contributed by atoms with Gasteiger partial charge in [0.2, 0.25) is 5.91 Å². The van der Waals surface area contributed by atoms with E-state index in [1.807, 2.05) is 54.6 Å². The number of fused-ring (bicyclic) bond motifs is 1. The number of ether oxygens (including phenoxy) is 1. The van der Waals surface area contributed by atoms with E-state index < -0.39 is 0 Å². The lowest BCUT2D eigenvalue weighted by molar-refractivity contribution is -0.121. The van der Waals surface area contributed by atoms with Gasteiger partial charge in [0.25, 0.3) is 0 Å². The fourth-order valence-corrected chi connectivity index (χ4v) is 4.75. The van der Waals surface area contributed by atoms with E-state index in [2.05, 4.69) is 70.6 Å². The van der Waals surface area contributed by atoms with Crippen LogP contribution in [-0.4, -0.2) is 22.0 Å². The molecule has 2 aromatic heterocycles. The molecule has 0 saturated carbocycles. The first-order valence-electron chi connectivity index (χ1n) is 12.6. The van der Waals surface area contributed by atoms with Crippen LogP contribution >= 0.6 is 0 Å². The lowest BCUT2D eigenvalue weighted by atomic mass is 9.88. The molecule has 0 saturated heterocycles. The van der Waals surface area contributed by atoms with Crippen LogP contribution in [0.2, 0.25) is 0 Å². The molecule has 0 aliphatic rings. The van der Waals surface area contributed by atoms with Gasteiger partial charge in [-0.05, 0) is 47.0 Å². The molecule has 0 spiro atoms. The van der Waals surface area contributed by atoms with Crippen molar-refractivity contribution in [3.63, 3.8) is 0 Å². The molecule has 0 aliphatic carbocycles. The Morgan fingerprint density at radius 2 is 1.76 bits per heavy atom. The van der Waals surface area contributed by atoms with E-state index in [1.54, 1.807) is 6.20 Å². The summed E-state index contributed by atoms with van der Waals surface area (Å²) in [7, 11) is 2.05. The van der Waals surface area contributed by atoms with Gasteiger partial charge in [0.05, 0.1) is 0 Å². The SMILES string of the molecule is Cn1cc([C@H](CC(=O)NCCc2ccccn2)c2cccc(OCc3ccccc3)c2)c2ccccc21. The standard InChI is InChI=1S/C32H31N3O2/c1-35-22-30(28-15-5-6-16-31(28)35)29(21-32(36)34-19-17-26-13-7-8-18-33-26)25-12-9-14-27(20-25)37-23-24-10-3-2-4-11-24/h2-16,18,20,22,29H,17,19,21,23H2,1H3,(H,34,36)/t29-/m1/s1. The first kappa shape index (κ1) is 24.3. The quantitative estimate of drug-likeness (QED) is 0.260. The number of hydrogen-bond donors (Lipinski definition) is 1.